The zero-order chi connectivity index (χ0) is 23.8. The molecule has 2 aliphatic rings. The smallest absolute Gasteiger partial charge is 0.243 e. The Morgan fingerprint density at radius 1 is 1.03 bits per heavy atom. The molecule has 1 aromatic heterocycles. The van der Waals surface area contributed by atoms with Gasteiger partial charge >= 0.3 is 0 Å². The third kappa shape index (κ3) is 4.13. The molecule has 0 unspecified atom stereocenters. The van der Waals surface area contributed by atoms with E-state index in [1.165, 1.54) is 4.31 Å². The van der Waals surface area contributed by atoms with Crippen molar-refractivity contribution in [3.05, 3.63) is 78.4 Å². The second-order valence-electron chi connectivity index (χ2n) is 8.93. The Labute approximate surface area is 199 Å². The predicted molar refractivity (Wildman–Crippen MR) is 130 cm³/mol. The summed E-state index contributed by atoms with van der Waals surface area (Å²) in [7, 11) is -3.66. The number of carbonyl (C=O) groups is 1. The van der Waals surface area contributed by atoms with Gasteiger partial charge in [-0.25, -0.2) is 13.4 Å². The van der Waals surface area contributed by atoms with Gasteiger partial charge in [-0.2, -0.15) is 4.31 Å². The van der Waals surface area contributed by atoms with E-state index in [2.05, 4.69) is 10.3 Å². The number of nitrogens with one attached hydrogen (secondary N) is 1. The highest BCUT2D eigenvalue weighted by molar-refractivity contribution is 7.89. The van der Waals surface area contributed by atoms with Gasteiger partial charge in [0.25, 0.3) is 0 Å². The van der Waals surface area contributed by atoms with E-state index >= 15 is 0 Å². The van der Waals surface area contributed by atoms with Crippen molar-refractivity contribution in [1.82, 2.24) is 9.29 Å². The zero-order valence-corrected chi connectivity index (χ0v) is 19.5. The first-order valence-electron chi connectivity index (χ1n) is 11.5. The normalized spacial score (nSPS) is 19.6. The second kappa shape index (κ2) is 8.94. The predicted octanol–water partition coefficient (Wildman–Crippen LogP) is 3.56. The maximum Gasteiger partial charge on any atom is 0.243 e. The molecule has 2 aromatic carbocycles. The Hall–Kier alpha value is -3.07. The van der Waals surface area contributed by atoms with Gasteiger partial charge in [-0.05, 0) is 55.5 Å². The van der Waals surface area contributed by atoms with Crippen LogP contribution < -0.4 is 5.32 Å². The van der Waals surface area contributed by atoms with E-state index in [1.54, 1.807) is 30.3 Å². The third-order valence-corrected chi connectivity index (χ3v) is 8.76. The minimum Gasteiger partial charge on any atom is -0.395 e. The summed E-state index contributed by atoms with van der Waals surface area (Å²) < 4.78 is 27.4. The maximum atomic E-state index is 13.0. The fraction of sp³-hybridized carbons (Fsp3) is 0.308. The molecule has 1 saturated heterocycles. The molecule has 3 aromatic rings. The number of pyridine rings is 1. The molecular formula is C26H27N3O4S. The average Bonchev–Trinajstić information content (AvgIpc) is 3.54. The van der Waals surface area contributed by atoms with E-state index in [0.717, 1.165) is 30.4 Å². The molecular weight excluding hydrogens is 450 g/mol. The van der Waals surface area contributed by atoms with Crippen LogP contribution in [0.3, 0.4) is 0 Å². The first kappa shape index (κ1) is 22.7. The van der Waals surface area contributed by atoms with Crippen molar-refractivity contribution in [2.24, 2.45) is 0 Å². The van der Waals surface area contributed by atoms with Crippen molar-refractivity contribution in [2.75, 3.05) is 18.5 Å². The van der Waals surface area contributed by atoms with Crippen LogP contribution in [-0.4, -0.2) is 47.9 Å². The van der Waals surface area contributed by atoms with Crippen LogP contribution in [0.1, 0.15) is 31.2 Å². The highest BCUT2D eigenvalue weighted by atomic mass is 32.2. The van der Waals surface area contributed by atoms with Crippen LogP contribution in [-0.2, 0) is 20.2 Å². The van der Waals surface area contributed by atoms with Gasteiger partial charge in [0, 0.05) is 18.2 Å². The van der Waals surface area contributed by atoms with Crippen LogP contribution in [0.5, 0.6) is 0 Å². The first-order valence-corrected chi connectivity index (χ1v) is 13.0. The van der Waals surface area contributed by atoms with Crippen molar-refractivity contribution in [3.63, 3.8) is 0 Å². The molecule has 1 amide bonds. The fourth-order valence-corrected chi connectivity index (χ4v) is 6.36. The number of aliphatic hydroxyl groups excluding tert-OH is 1. The lowest BCUT2D eigenvalue weighted by Gasteiger charge is -2.22. The molecule has 1 aliphatic carbocycles. The van der Waals surface area contributed by atoms with Gasteiger partial charge in [-0.15, -0.1) is 0 Å². The number of rotatable bonds is 7. The number of aromatic nitrogens is 1. The molecule has 2 heterocycles. The molecule has 1 saturated carbocycles. The van der Waals surface area contributed by atoms with E-state index in [0.29, 0.717) is 24.5 Å². The lowest BCUT2D eigenvalue weighted by molar-refractivity contribution is -0.118. The van der Waals surface area contributed by atoms with Crippen molar-refractivity contribution < 1.29 is 18.3 Å². The minimum atomic E-state index is -3.66. The van der Waals surface area contributed by atoms with Crippen LogP contribution in [0.15, 0.2) is 77.7 Å². The Morgan fingerprint density at radius 3 is 2.44 bits per heavy atom. The van der Waals surface area contributed by atoms with E-state index in [-0.39, 0.29) is 23.5 Å². The molecule has 1 atom stereocenters. The quantitative estimate of drug-likeness (QED) is 0.542. The van der Waals surface area contributed by atoms with E-state index in [1.807, 2.05) is 42.5 Å². The van der Waals surface area contributed by atoms with Gasteiger partial charge in [0.15, 0.2) is 0 Å². The largest absolute Gasteiger partial charge is 0.395 e. The minimum absolute atomic E-state index is 0.0613. The summed E-state index contributed by atoms with van der Waals surface area (Å²) in [4.78, 5) is 17.8. The number of carbonyl (C=O) groups excluding carboxylic acids is 1. The van der Waals surface area contributed by atoms with Crippen LogP contribution in [0.25, 0.3) is 11.3 Å². The van der Waals surface area contributed by atoms with Gasteiger partial charge in [0.05, 0.1) is 22.6 Å². The van der Waals surface area contributed by atoms with Gasteiger partial charge < -0.3 is 10.4 Å². The number of anilines is 1. The fourth-order valence-electron chi connectivity index (χ4n) is 4.67. The highest BCUT2D eigenvalue weighted by Gasteiger charge is 2.51. The topological polar surface area (TPSA) is 99.6 Å². The molecule has 1 aliphatic heterocycles. The number of benzene rings is 2. The zero-order valence-electron chi connectivity index (χ0n) is 18.7. The average molecular weight is 478 g/mol. The van der Waals surface area contributed by atoms with Crippen LogP contribution in [0.2, 0.25) is 0 Å². The maximum absolute atomic E-state index is 13.0. The second-order valence-corrected chi connectivity index (χ2v) is 10.8. The van der Waals surface area contributed by atoms with Crippen molar-refractivity contribution in [1.29, 1.82) is 0 Å². The summed E-state index contributed by atoms with van der Waals surface area (Å²) in [5.74, 6) is 0.401. The summed E-state index contributed by atoms with van der Waals surface area (Å²) in [6.45, 7) is 0.244. The molecule has 0 bridgehead atoms. The molecule has 2 fully saturated rings. The lowest BCUT2D eigenvalue weighted by atomic mass is 9.95. The number of hydrogen-bond donors (Lipinski definition) is 2. The SMILES string of the molecule is O=C(Nc1cccc(-c2ccc(S(=O)(=O)N3CCC[C@@H]3CO)cc2)n1)C1(c2ccccc2)CC1. The van der Waals surface area contributed by atoms with Gasteiger partial charge in [-0.3, -0.25) is 4.79 Å². The summed E-state index contributed by atoms with van der Waals surface area (Å²) in [6.07, 6.45) is 3.04. The number of nitrogens with zero attached hydrogens (tertiary/aromatic N) is 2. The Bertz CT molecular complexity index is 1290. The van der Waals surface area contributed by atoms with Crippen LogP contribution >= 0.6 is 0 Å². The van der Waals surface area contributed by atoms with Crippen molar-refractivity contribution in [3.8, 4) is 11.3 Å². The molecule has 2 N–H and O–H groups in total. The number of aliphatic hydroxyl groups is 1. The first-order chi connectivity index (χ1) is 16.4. The van der Waals surface area contributed by atoms with E-state index in [9.17, 15) is 18.3 Å². The summed E-state index contributed by atoms with van der Waals surface area (Å²) >= 11 is 0. The molecule has 8 heteroatoms. The number of hydrogen-bond acceptors (Lipinski definition) is 5. The number of sulfonamides is 1. The number of amides is 1. The van der Waals surface area contributed by atoms with Gasteiger partial charge in [0.1, 0.15) is 5.82 Å². The van der Waals surface area contributed by atoms with E-state index < -0.39 is 15.4 Å². The van der Waals surface area contributed by atoms with Crippen LogP contribution in [0.4, 0.5) is 5.82 Å². The Kier molecular flexibility index (Phi) is 5.97. The summed E-state index contributed by atoms with van der Waals surface area (Å²) in [6, 6.07) is 21.4. The lowest BCUT2D eigenvalue weighted by Crippen LogP contribution is -2.37. The van der Waals surface area contributed by atoms with E-state index in [4.69, 9.17) is 0 Å². The highest BCUT2D eigenvalue weighted by Crippen LogP contribution is 2.48. The molecule has 0 radical (unpaired) electrons. The Morgan fingerprint density at radius 2 is 1.76 bits per heavy atom. The third-order valence-electron chi connectivity index (χ3n) is 6.79. The summed E-state index contributed by atoms with van der Waals surface area (Å²) in [5, 5.41) is 12.5. The molecule has 5 rings (SSSR count). The van der Waals surface area contributed by atoms with Crippen molar-refractivity contribution in [2.45, 2.75) is 42.0 Å². The van der Waals surface area contributed by atoms with Crippen molar-refractivity contribution >= 4 is 21.7 Å². The monoisotopic (exact) mass is 477 g/mol. The standard InChI is InChI=1S/C26H27N3O4S/c30-18-21-8-5-17-29(21)34(32,33)22-13-11-19(12-14-22)23-9-4-10-24(27-23)28-25(31)26(15-16-26)20-6-2-1-3-7-20/h1-4,6-7,9-14,21,30H,5,8,15-18H2,(H,27,28,31)/t21-/m1/s1. The Balaban J connectivity index is 1.33. The molecule has 0 spiro atoms. The molecule has 7 nitrogen and oxygen atoms in total. The van der Waals surface area contributed by atoms with Gasteiger partial charge in [-0.1, -0.05) is 48.5 Å². The molecule has 176 valence electrons. The summed E-state index contributed by atoms with van der Waals surface area (Å²) in [5.41, 5.74) is 1.92. The van der Waals surface area contributed by atoms with Crippen LogP contribution in [0, 0.1) is 0 Å². The molecule has 34 heavy (non-hydrogen) atoms. The van der Waals surface area contributed by atoms with Gasteiger partial charge in [0.2, 0.25) is 15.9 Å².